The molecule has 1 saturated heterocycles. The number of aliphatic hydroxyl groups excluding tert-OH is 4. The number of nitrogens with one attached hydrogen (secondary N) is 1. The summed E-state index contributed by atoms with van der Waals surface area (Å²) < 4.78 is 11.8. The van der Waals surface area contributed by atoms with Gasteiger partial charge in [0, 0.05) is 17.5 Å². The van der Waals surface area contributed by atoms with E-state index in [1.807, 2.05) is 0 Å². The Morgan fingerprint density at radius 2 is 1.98 bits per heavy atom. The van der Waals surface area contributed by atoms with Crippen LogP contribution >= 0.6 is 21.6 Å². The lowest BCUT2D eigenvalue weighted by Crippen LogP contribution is -2.68. The molecule has 13 heteroatoms. The average molecular weight is 629 g/mol. The predicted molar refractivity (Wildman–Crippen MR) is 160 cm³/mol. The van der Waals surface area contributed by atoms with E-state index in [2.05, 4.69) is 10.3 Å². The van der Waals surface area contributed by atoms with Crippen LogP contribution in [0.4, 0.5) is 5.82 Å². The van der Waals surface area contributed by atoms with Crippen LogP contribution in [0.25, 0.3) is 0 Å². The second-order valence-corrected chi connectivity index (χ2v) is 13.7. The zero-order chi connectivity index (χ0) is 30.5. The lowest BCUT2D eigenvalue weighted by Gasteiger charge is -2.48. The molecule has 6 N–H and O–H groups in total. The number of Topliss-reactive ketones (excluding diaryl/α,β-unsaturated/α-hetero) is 2. The van der Waals surface area contributed by atoms with Crippen LogP contribution in [0.5, 0.6) is 5.75 Å². The van der Waals surface area contributed by atoms with Gasteiger partial charge < -0.3 is 40.3 Å². The van der Waals surface area contributed by atoms with Gasteiger partial charge >= 0.3 is 0 Å². The fourth-order valence-corrected chi connectivity index (χ4v) is 8.52. The van der Waals surface area contributed by atoms with E-state index in [4.69, 9.17) is 9.47 Å². The Morgan fingerprint density at radius 3 is 2.77 bits per heavy atom. The topological polar surface area (TPSA) is 179 Å². The number of carbonyl (C=O) groups excluding carboxylic acids is 2. The van der Waals surface area contributed by atoms with E-state index in [0.29, 0.717) is 17.3 Å². The number of allylic oxidation sites excluding steroid dienone is 4. The minimum Gasteiger partial charge on any atom is -0.511 e. The Labute approximate surface area is 255 Å². The summed E-state index contributed by atoms with van der Waals surface area (Å²) >= 11 is 0. The zero-order valence-electron chi connectivity index (χ0n) is 23.2. The third kappa shape index (κ3) is 4.96. The maximum atomic E-state index is 14.5. The van der Waals surface area contributed by atoms with E-state index in [0.717, 1.165) is 5.56 Å². The largest absolute Gasteiger partial charge is 0.511 e. The van der Waals surface area contributed by atoms with Crippen LogP contribution in [0.3, 0.4) is 0 Å². The number of hydrogen-bond donors (Lipinski definition) is 6. The molecule has 6 rings (SSSR count). The number of aromatic nitrogens is 1. The SMILES string of the molecule is CC1=C[C@@H]2C(=O)c3cccc4c3C(=O)[C@]2(CSSCNc2cc(ccn2)CC[C@]2(O)[C@H](O)[C@@H](CO)O[C@@H](O4)[C@@H]2O)C(O)=C1. The number of nitrogens with zero attached hydrogens (tertiary/aromatic N) is 1. The Morgan fingerprint density at radius 1 is 1.16 bits per heavy atom. The molecule has 0 amide bonds. The number of carbonyl (C=O) groups is 2. The van der Waals surface area contributed by atoms with Crippen LogP contribution in [0.1, 0.15) is 39.6 Å². The number of benzene rings is 1. The Kier molecular flexibility index (Phi) is 8.09. The van der Waals surface area contributed by atoms with Gasteiger partial charge in [-0.2, -0.15) is 0 Å². The number of ketones is 2. The van der Waals surface area contributed by atoms with Crippen molar-refractivity contribution >= 4 is 39.0 Å². The summed E-state index contributed by atoms with van der Waals surface area (Å²) in [4.78, 5) is 32.8. The molecule has 1 aromatic heterocycles. The van der Waals surface area contributed by atoms with E-state index in [-0.39, 0.29) is 47.0 Å². The molecule has 3 heterocycles. The van der Waals surface area contributed by atoms with Crippen LogP contribution in [0, 0.1) is 11.3 Å². The highest BCUT2D eigenvalue weighted by Gasteiger charge is 2.59. The van der Waals surface area contributed by atoms with Crippen molar-refractivity contribution in [3.05, 3.63) is 76.7 Å². The van der Waals surface area contributed by atoms with Gasteiger partial charge in [-0.1, -0.05) is 45.4 Å². The molecule has 228 valence electrons. The third-order valence-corrected chi connectivity index (χ3v) is 10.9. The van der Waals surface area contributed by atoms with Crippen LogP contribution in [0.15, 0.2) is 60.0 Å². The van der Waals surface area contributed by atoms with Gasteiger partial charge in [0.1, 0.15) is 46.7 Å². The molecule has 6 bridgehead atoms. The van der Waals surface area contributed by atoms with E-state index in [1.165, 1.54) is 45.9 Å². The van der Waals surface area contributed by atoms with Gasteiger partial charge in [0.25, 0.3) is 0 Å². The predicted octanol–water partition coefficient (Wildman–Crippen LogP) is 2.41. The molecule has 0 radical (unpaired) electrons. The number of anilines is 1. The van der Waals surface area contributed by atoms with Gasteiger partial charge in [-0.15, -0.1) is 0 Å². The van der Waals surface area contributed by atoms with E-state index in [9.17, 15) is 35.1 Å². The quantitative estimate of drug-likeness (QED) is 0.254. The fourth-order valence-electron chi connectivity index (χ4n) is 6.26. The first kappa shape index (κ1) is 30.1. The van der Waals surface area contributed by atoms with Crippen molar-refractivity contribution in [2.24, 2.45) is 11.3 Å². The molecular weight excluding hydrogens is 596 g/mol. The standard InChI is InChI=1S/C30H32N2O9S2/c1-15-9-18-24(35)17-3-2-4-19-23(17)26(37)29(18,21(34)10-15)13-42-43-14-32-22-11-16(6-8-31-22)5-7-30(39)25(36)20(12-33)41-28(40-19)27(30)38/h2-4,6,8-11,18,20,25,27-28,33-34,36,38-39H,5,7,12-14H2,1H3,(H,31,32)/t18-,20-,25-,27+,28-,29+,30+/m1/s1. The van der Waals surface area contributed by atoms with E-state index in [1.54, 1.807) is 31.3 Å². The van der Waals surface area contributed by atoms with E-state index >= 15 is 0 Å². The Bertz CT molecular complexity index is 1520. The van der Waals surface area contributed by atoms with Gasteiger partial charge in [0.05, 0.1) is 24.0 Å². The first-order valence-electron chi connectivity index (χ1n) is 13.9. The molecule has 2 aliphatic carbocycles. The van der Waals surface area contributed by atoms with Crippen LogP contribution < -0.4 is 10.1 Å². The Hall–Kier alpha value is -2.91. The van der Waals surface area contributed by atoms with Crippen molar-refractivity contribution in [3.63, 3.8) is 0 Å². The van der Waals surface area contributed by atoms with Crippen molar-refractivity contribution in [1.82, 2.24) is 4.98 Å². The van der Waals surface area contributed by atoms with Crippen LogP contribution in [0.2, 0.25) is 0 Å². The number of fused-ring (bicyclic) bond motifs is 4. The number of pyridine rings is 1. The van der Waals surface area contributed by atoms with Crippen molar-refractivity contribution in [2.45, 2.75) is 50.0 Å². The first-order chi connectivity index (χ1) is 20.6. The molecule has 2 aromatic rings. The third-order valence-electron chi connectivity index (χ3n) is 8.68. The Balaban J connectivity index is 1.47. The van der Waals surface area contributed by atoms with Gasteiger partial charge in [0.2, 0.25) is 6.29 Å². The minimum atomic E-state index is -2.17. The molecule has 4 aliphatic rings. The second-order valence-electron chi connectivity index (χ2n) is 11.2. The highest BCUT2D eigenvalue weighted by molar-refractivity contribution is 8.76. The first-order valence-corrected chi connectivity index (χ1v) is 16.3. The summed E-state index contributed by atoms with van der Waals surface area (Å²) in [7, 11) is 2.74. The molecule has 11 nitrogen and oxygen atoms in total. The number of aliphatic hydroxyl groups is 5. The smallest absolute Gasteiger partial charge is 0.229 e. The second kappa shape index (κ2) is 11.5. The van der Waals surface area contributed by atoms with E-state index < -0.39 is 53.9 Å². The molecule has 0 unspecified atom stereocenters. The maximum absolute atomic E-state index is 14.5. The molecule has 2 aliphatic heterocycles. The summed E-state index contributed by atoms with van der Waals surface area (Å²) in [6.45, 7) is 1.06. The number of hydrogen-bond acceptors (Lipinski definition) is 13. The molecule has 1 aromatic carbocycles. The van der Waals surface area contributed by atoms with Gasteiger partial charge in [-0.05, 0) is 49.6 Å². The van der Waals surface area contributed by atoms with Gasteiger partial charge in [0.15, 0.2) is 11.6 Å². The maximum Gasteiger partial charge on any atom is 0.229 e. The summed E-state index contributed by atoms with van der Waals surface area (Å²) in [5, 5.41) is 58.5. The zero-order valence-corrected chi connectivity index (χ0v) is 24.8. The summed E-state index contributed by atoms with van der Waals surface area (Å²) in [6, 6.07) is 8.03. The van der Waals surface area contributed by atoms with Crippen molar-refractivity contribution in [1.29, 1.82) is 0 Å². The van der Waals surface area contributed by atoms with Gasteiger partial charge in [-0.3, -0.25) is 9.59 Å². The van der Waals surface area contributed by atoms with Crippen LogP contribution in [-0.4, -0.2) is 90.5 Å². The number of rotatable bonds is 1. The number of aryl methyl sites for hydroxylation is 1. The highest BCUT2D eigenvalue weighted by atomic mass is 33.1. The molecule has 1 spiro atoms. The van der Waals surface area contributed by atoms with Crippen LogP contribution in [-0.2, 0) is 11.2 Å². The van der Waals surface area contributed by atoms with Gasteiger partial charge in [-0.25, -0.2) is 4.98 Å². The summed E-state index contributed by atoms with van der Waals surface area (Å²) in [5.74, 6) is -1.15. The molecule has 43 heavy (non-hydrogen) atoms. The lowest BCUT2D eigenvalue weighted by molar-refractivity contribution is -0.315. The minimum absolute atomic E-state index is 0.0724. The molecular formula is C30H32N2O9S2. The monoisotopic (exact) mass is 628 g/mol. The summed E-state index contributed by atoms with van der Waals surface area (Å²) in [5.41, 5.74) is -2.32. The highest BCUT2D eigenvalue weighted by Crippen LogP contribution is 2.53. The fraction of sp³-hybridized carbons (Fsp3) is 0.433. The normalized spacial score (nSPS) is 34.4. The average Bonchev–Trinajstić information content (AvgIpc) is 2.99. The van der Waals surface area contributed by atoms with Crippen molar-refractivity contribution in [3.8, 4) is 5.75 Å². The molecule has 7 atom stereocenters. The van der Waals surface area contributed by atoms with Crippen molar-refractivity contribution < 1.29 is 44.6 Å². The molecule has 0 saturated carbocycles. The lowest BCUT2D eigenvalue weighted by atomic mass is 9.60. The van der Waals surface area contributed by atoms with Crippen molar-refractivity contribution in [2.75, 3.05) is 23.6 Å². The summed E-state index contributed by atoms with van der Waals surface area (Å²) in [6.07, 6.45) is -1.51. The molecule has 1 fully saturated rings. The number of ether oxygens (including phenoxy) is 2.